The van der Waals surface area contributed by atoms with Gasteiger partial charge in [0.1, 0.15) is 10.8 Å². The van der Waals surface area contributed by atoms with Crippen molar-refractivity contribution in [3.63, 3.8) is 0 Å². The molecule has 1 aliphatic heterocycles. The van der Waals surface area contributed by atoms with Gasteiger partial charge in [0.2, 0.25) is 0 Å². The predicted octanol–water partition coefficient (Wildman–Crippen LogP) is 5.28. The zero-order valence-electron chi connectivity index (χ0n) is 15.5. The van der Waals surface area contributed by atoms with Gasteiger partial charge in [-0.2, -0.15) is 0 Å². The van der Waals surface area contributed by atoms with Crippen molar-refractivity contribution in [2.75, 3.05) is 6.61 Å². The highest BCUT2D eigenvalue weighted by atomic mass is 35.5. The van der Waals surface area contributed by atoms with Gasteiger partial charge in [0, 0.05) is 17.8 Å². The molecule has 6 atom stereocenters. The van der Waals surface area contributed by atoms with E-state index in [1.54, 1.807) is 6.92 Å². The van der Waals surface area contributed by atoms with Gasteiger partial charge in [0.25, 0.3) is 0 Å². The molecule has 0 saturated carbocycles. The van der Waals surface area contributed by atoms with Crippen molar-refractivity contribution in [3.05, 3.63) is 45.2 Å². The van der Waals surface area contributed by atoms with Crippen LogP contribution in [-0.4, -0.2) is 34.6 Å². The number of carboxylic acids is 1. The third kappa shape index (κ3) is 4.04. The maximum absolute atomic E-state index is 13.4. The maximum atomic E-state index is 13.4. The van der Waals surface area contributed by atoms with Gasteiger partial charge in [-0.3, -0.25) is 9.59 Å². The second kappa shape index (κ2) is 8.62. The minimum absolute atomic E-state index is 0.0130. The summed E-state index contributed by atoms with van der Waals surface area (Å²) < 4.78 is 5.83. The summed E-state index contributed by atoms with van der Waals surface area (Å²) in [5.74, 6) is -1.94. The molecule has 0 radical (unpaired) electrons. The number of carbonyl (C=O) groups is 2. The van der Waals surface area contributed by atoms with Gasteiger partial charge < -0.3 is 14.8 Å². The lowest BCUT2D eigenvalue weighted by Crippen LogP contribution is -2.39. The number of Topliss-reactive ketones (excluding diaryl/α,β-unsaturated/α-hetero) is 1. The molecule has 1 aliphatic carbocycles. The molecule has 0 amide bonds. The minimum atomic E-state index is -0.850. The molecule has 1 fully saturated rings. The molecule has 28 heavy (non-hydrogen) atoms. The van der Waals surface area contributed by atoms with Crippen LogP contribution >= 0.6 is 34.8 Å². The summed E-state index contributed by atoms with van der Waals surface area (Å²) in [6, 6.07) is 0. The fourth-order valence-corrected chi connectivity index (χ4v) is 4.62. The Morgan fingerprint density at radius 1 is 1.32 bits per heavy atom. The third-order valence-corrected chi connectivity index (χ3v) is 6.83. The van der Waals surface area contributed by atoms with Crippen molar-refractivity contribution in [2.24, 2.45) is 29.6 Å². The standard InChI is InChI=1S/C20H22Cl3NO4/c1-9(20(26)27)4-3-5-11-6-7-12-13(10(2)8-28-12)14(11)18(25)17-15(21)16(22)19(23)24-17/h3,5-7,9-14,24H,4,8H2,1-2H3,(H,26,27)/b5-3+. The van der Waals surface area contributed by atoms with Gasteiger partial charge in [0.15, 0.2) is 5.78 Å². The summed E-state index contributed by atoms with van der Waals surface area (Å²) in [4.78, 5) is 27.3. The molecule has 1 aromatic heterocycles. The summed E-state index contributed by atoms with van der Waals surface area (Å²) in [5, 5.41) is 9.45. The molecule has 6 unspecified atom stereocenters. The topological polar surface area (TPSA) is 79.4 Å². The van der Waals surface area contributed by atoms with Crippen LogP contribution < -0.4 is 0 Å². The second-order valence-electron chi connectivity index (χ2n) is 7.55. The van der Waals surface area contributed by atoms with Gasteiger partial charge in [0.05, 0.1) is 28.7 Å². The van der Waals surface area contributed by atoms with Crippen LogP contribution in [0.15, 0.2) is 24.3 Å². The summed E-state index contributed by atoms with van der Waals surface area (Å²) >= 11 is 18.3. The first-order chi connectivity index (χ1) is 13.2. The highest BCUT2D eigenvalue weighted by Crippen LogP contribution is 2.45. The normalized spacial score (nSPS) is 30.5. The molecule has 5 nitrogen and oxygen atoms in total. The molecule has 152 valence electrons. The van der Waals surface area contributed by atoms with Crippen LogP contribution in [-0.2, 0) is 9.53 Å². The Labute approximate surface area is 178 Å². The molecule has 2 aliphatic rings. The van der Waals surface area contributed by atoms with E-state index >= 15 is 0 Å². The molecular weight excluding hydrogens is 425 g/mol. The highest BCUT2D eigenvalue weighted by molar-refractivity contribution is 6.49. The van der Waals surface area contributed by atoms with Gasteiger partial charge in [-0.15, -0.1) is 0 Å². The minimum Gasteiger partial charge on any atom is -0.481 e. The van der Waals surface area contributed by atoms with E-state index in [2.05, 4.69) is 11.9 Å². The smallest absolute Gasteiger partial charge is 0.306 e. The average molecular weight is 447 g/mol. The number of rotatable bonds is 6. The summed E-state index contributed by atoms with van der Waals surface area (Å²) in [7, 11) is 0. The number of halogens is 3. The number of H-pyrrole nitrogens is 1. The van der Waals surface area contributed by atoms with Crippen LogP contribution in [0, 0.1) is 29.6 Å². The fraction of sp³-hybridized carbons (Fsp3) is 0.500. The number of ketones is 1. The molecule has 1 aromatic rings. The summed E-state index contributed by atoms with van der Waals surface area (Å²) in [5.41, 5.74) is 0.201. The number of allylic oxidation sites excluding steroid dienone is 3. The quantitative estimate of drug-likeness (QED) is 0.460. The Bertz CT molecular complexity index is 832. The van der Waals surface area contributed by atoms with Crippen LogP contribution in [0.3, 0.4) is 0 Å². The lowest BCUT2D eigenvalue weighted by molar-refractivity contribution is -0.140. The van der Waals surface area contributed by atoms with Crippen molar-refractivity contribution in [1.29, 1.82) is 0 Å². The number of hydrogen-bond donors (Lipinski definition) is 2. The first-order valence-corrected chi connectivity index (χ1v) is 10.3. The number of ether oxygens (including phenoxy) is 1. The zero-order chi connectivity index (χ0) is 20.6. The van der Waals surface area contributed by atoms with Crippen LogP contribution in [0.4, 0.5) is 0 Å². The average Bonchev–Trinajstić information content (AvgIpc) is 3.16. The fourth-order valence-electron chi connectivity index (χ4n) is 4.00. The Morgan fingerprint density at radius 2 is 2.04 bits per heavy atom. The highest BCUT2D eigenvalue weighted by Gasteiger charge is 2.47. The lowest BCUT2D eigenvalue weighted by atomic mass is 9.68. The van der Waals surface area contributed by atoms with Crippen molar-refractivity contribution < 1.29 is 19.4 Å². The van der Waals surface area contributed by atoms with E-state index in [9.17, 15) is 9.59 Å². The van der Waals surface area contributed by atoms with Gasteiger partial charge in [-0.25, -0.2) is 0 Å². The van der Waals surface area contributed by atoms with E-state index in [4.69, 9.17) is 44.6 Å². The first kappa shape index (κ1) is 21.4. The number of aromatic nitrogens is 1. The van der Waals surface area contributed by atoms with Crippen LogP contribution in [0.2, 0.25) is 15.2 Å². The maximum Gasteiger partial charge on any atom is 0.306 e. The number of carboxylic acid groups (broad SMARTS) is 1. The number of carbonyl (C=O) groups excluding carboxylic acids is 1. The first-order valence-electron chi connectivity index (χ1n) is 9.18. The zero-order valence-corrected chi connectivity index (χ0v) is 17.8. The van der Waals surface area contributed by atoms with E-state index in [-0.39, 0.29) is 50.5 Å². The van der Waals surface area contributed by atoms with Crippen molar-refractivity contribution >= 4 is 46.6 Å². The lowest BCUT2D eigenvalue weighted by Gasteiger charge is -2.35. The van der Waals surface area contributed by atoms with Crippen LogP contribution in [0.1, 0.15) is 30.8 Å². The Morgan fingerprint density at radius 3 is 2.64 bits per heavy atom. The number of hydrogen-bond acceptors (Lipinski definition) is 3. The third-order valence-electron chi connectivity index (χ3n) is 5.60. The van der Waals surface area contributed by atoms with E-state index < -0.39 is 17.8 Å². The Kier molecular flexibility index (Phi) is 6.60. The number of aromatic amines is 1. The molecular formula is C20H22Cl3NO4. The molecule has 1 saturated heterocycles. The van der Waals surface area contributed by atoms with E-state index in [0.29, 0.717) is 13.0 Å². The van der Waals surface area contributed by atoms with Crippen molar-refractivity contribution in [2.45, 2.75) is 26.4 Å². The van der Waals surface area contributed by atoms with E-state index in [1.165, 1.54) is 0 Å². The molecule has 0 bridgehead atoms. The monoisotopic (exact) mass is 445 g/mol. The molecule has 2 heterocycles. The van der Waals surface area contributed by atoms with E-state index in [1.807, 2.05) is 24.3 Å². The summed E-state index contributed by atoms with van der Waals surface area (Å²) in [6.45, 7) is 4.29. The number of fused-ring (bicyclic) bond motifs is 1. The van der Waals surface area contributed by atoms with Crippen molar-refractivity contribution in [1.82, 2.24) is 4.98 Å². The Balaban J connectivity index is 1.92. The molecule has 2 N–H and O–H groups in total. The molecule has 3 rings (SSSR count). The molecule has 0 spiro atoms. The van der Waals surface area contributed by atoms with Crippen LogP contribution in [0.25, 0.3) is 0 Å². The van der Waals surface area contributed by atoms with Crippen molar-refractivity contribution in [3.8, 4) is 0 Å². The van der Waals surface area contributed by atoms with Gasteiger partial charge >= 0.3 is 5.97 Å². The number of nitrogens with one attached hydrogen (secondary N) is 1. The predicted molar refractivity (Wildman–Crippen MR) is 109 cm³/mol. The largest absolute Gasteiger partial charge is 0.481 e. The van der Waals surface area contributed by atoms with E-state index in [0.717, 1.165) is 0 Å². The van der Waals surface area contributed by atoms with Gasteiger partial charge in [-0.1, -0.05) is 73.0 Å². The number of aliphatic carboxylic acids is 1. The summed E-state index contributed by atoms with van der Waals surface area (Å²) in [6.07, 6.45) is 7.92. The molecule has 0 aromatic carbocycles. The van der Waals surface area contributed by atoms with Crippen LogP contribution in [0.5, 0.6) is 0 Å². The van der Waals surface area contributed by atoms with Gasteiger partial charge in [-0.05, 0) is 12.3 Å². The second-order valence-corrected chi connectivity index (χ2v) is 8.68. The SMILES string of the molecule is CC(C/C=C/C1C=CC2OCC(C)C2C1C(=O)c1[nH]c(Cl)c(Cl)c1Cl)C(=O)O. The molecule has 8 heteroatoms. The Hall–Kier alpha value is -1.27.